The van der Waals surface area contributed by atoms with Gasteiger partial charge in [0.2, 0.25) is 0 Å². The predicted octanol–water partition coefficient (Wildman–Crippen LogP) is 2.35. The summed E-state index contributed by atoms with van der Waals surface area (Å²) in [6.07, 6.45) is 0.297. The van der Waals surface area contributed by atoms with Gasteiger partial charge in [-0.2, -0.15) is 5.10 Å². The number of nitrogens with one attached hydrogen (secondary N) is 1. The SMILES string of the molecule is CCOC(=O)CC1(C)NN=C(c2ccccc2)S1. The third-order valence-corrected chi connectivity index (χ3v) is 3.73. The molecule has 5 heteroatoms. The van der Waals surface area contributed by atoms with E-state index in [1.54, 1.807) is 18.7 Å². The van der Waals surface area contributed by atoms with E-state index in [1.807, 2.05) is 37.3 Å². The molecule has 1 unspecified atom stereocenters. The van der Waals surface area contributed by atoms with E-state index in [2.05, 4.69) is 10.5 Å². The maximum absolute atomic E-state index is 11.5. The molecule has 1 aliphatic rings. The van der Waals surface area contributed by atoms with E-state index >= 15 is 0 Å². The molecule has 0 aromatic heterocycles. The third-order valence-electron chi connectivity index (χ3n) is 2.52. The zero-order valence-electron chi connectivity index (χ0n) is 10.5. The number of carbonyl (C=O) groups excluding carboxylic acids is 1. The molecular weight excluding hydrogens is 248 g/mol. The van der Waals surface area contributed by atoms with Crippen LogP contribution in [0, 0.1) is 0 Å². The van der Waals surface area contributed by atoms with Gasteiger partial charge in [-0.25, -0.2) is 0 Å². The average molecular weight is 264 g/mol. The van der Waals surface area contributed by atoms with Crippen molar-refractivity contribution in [2.45, 2.75) is 25.1 Å². The minimum atomic E-state index is -0.419. The fraction of sp³-hybridized carbons (Fsp3) is 0.385. The molecule has 1 atom stereocenters. The van der Waals surface area contributed by atoms with Crippen molar-refractivity contribution in [3.63, 3.8) is 0 Å². The van der Waals surface area contributed by atoms with Crippen molar-refractivity contribution < 1.29 is 9.53 Å². The van der Waals surface area contributed by atoms with E-state index in [4.69, 9.17) is 4.74 Å². The van der Waals surface area contributed by atoms with E-state index in [0.29, 0.717) is 13.0 Å². The lowest BCUT2D eigenvalue weighted by molar-refractivity contribution is -0.143. The van der Waals surface area contributed by atoms with E-state index in [-0.39, 0.29) is 5.97 Å². The highest BCUT2D eigenvalue weighted by Gasteiger charge is 2.35. The Balaban J connectivity index is 2.00. The molecule has 96 valence electrons. The zero-order chi connectivity index (χ0) is 13.0. The number of hydrazone groups is 1. The Morgan fingerprint density at radius 2 is 2.17 bits per heavy atom. The molecule has 1 aliphatic heterocycles. The van der Waals surface area contributed by atoms with Crippen molar-refractivity contribution in [2.75, 3.05) is 6.61 Å². The first-order valence-corrected chi connectivity index (χ1v) is 6.69. The standard InChI is InChI=1S/C13H16N2O2S/c1-3-17-11(16)9-13(2)15-14-12(18-13)10-7-5-4-6-8-10/h4-8,15H,3,9H2,1-2H3. The van der Waals surface area contributed by atoms with E-state index < -0.39 is 4.87 Å². The van der Waals surface area contributed by atoms with Gasteiger partial charge < -0.3 is 4.74 Å². The quantitative estimate of drug-likeness (QED) is 0.848. The molecule has 4 nitrogen and oxygen atoms in total. The number of rotatable bonds is 4. The van der Waals surface area contributed by atoms with Crippen molar-refractivity contribution in [3.05, 3.63) is 35.9 Å². The van der Waals surface area contributed by atoms with Crippen molar-refractivity contribution in [1.82, 2.24) is 5.43 Å². The van der Waals surface area contributed by atoms with Crippen LogP contribution in [-0.2, 0) is 9.53 Å². The summed E-state index contributed by atoms with van der Waals surface area (Å²) in [5.41, 5.74) is 4.08. The molecule has 1 aromatic rings. The molecule has 0 bridgehead atoms. The molecule has 2 rings (SSSR count). The van der Waals surface area contributed by atoms with E-state index in [0.717, 1.165) is 10.6 Å². The predicted molar refractivity (Wildman–Crippen MR) is 73.4 cm³/mol. The number of nitrogens with zero attached hydrogens (tertiary/aromatic N) is 1. The Morgan fingerprint density at radius 1 is 1.44 bits per heavy atom. The maximum Gasteiger partial charge on any atom is 0.309 e. The molecule has 0 saturated heterocycles. The molecular formula is C13H16N2O2S. The Bertz CT molecular complexity index is 461. The van der Waals surface area contributed by atoms with Gasteiger partial charge in [0.1, 0.15) is 9.91 Å². The Labute approximate surface area is 111 Å². The molecule has 1 aromatic carbocycles. The fourth-order valence-corrected chi connectivity index (χ4v) is 2.75. The van der Waals surface area contributed by atoms with Crippen LogP contribution < -0.4 is 5.43 Å². The van der Waals surface area contributed by atoms with Crippen molar-refractivity contribution in [1.29, 1.82) is 0 Å². The Hall–Kier alpha value is -1.49. The van der Waals surface area contributed by atoms with Gasteiger partial charge in [-0.05, 0) is 13.8 Å². The van der Waals surface area contributed by atoms with Crippen LogP contribution in [0.15, 0.2) is 35.4 Å². The van der Waals surface area contributed by atoms with Gasteiger partial charge in [0, 0.05) is 5.56 Å². The molecule has 0 radical (unpaired) electrons. The molecule has 1 heterocycles. The highest BCUT2D eigenvalue weighted by atomic mass is 32.2. The molecule has 18 heavy (non-hydrogen) atoms. The first-order chi connectivity index (χ1) is 8.63. The Morgan fingerprint density at radius 3 is 2.83 bits per heavy atom. The second kappa shape index (κ2) is 5.44. The second-order valence-electron chi connectivity index (χ2n) is 4.21. The summed E-state index contributed by atoms with van der Waals surface area (Å²) in [6, 6.07) is 9.92. The highest BCUT2D eigenvalue weighted by molar-refractivity contribution is 8.15. The summed E-state index contributed by atoms with van der Waals surface area (Å²) >= 11 is 1.56. The topological polar surface area (TPSA) is 50.7 Å². The molecule has 0 saturated carbocycles. The second-order valence-corrected chi connectivity index (χ2v) is 5.70. The van der Waals surface area contributed by atoms with Crippen molar-refractivity contribution >= 4 is 22.8 Å². The van der Waals surface area contributed by atoms with Gasteiger partial charge in [0.25, 0.3) is 0 Å². The number of ether oxygens (including phenoxy) is 1. The van der Waals surface area contributed by atoms with Gasteiger partial charge in [-0.3, -0.25) is 10.2 Å². The van der Waals surface area contributed by atoms with Crippen LogP contribution in [0.1, 0.15) is 25.8 Å². The summed E-state index contributed by atoms with van der Waals surface area (Å²) in [5, 5.41) is 5.20. The number of hydrogen-bond acceptors (Lipinski definition) is 5. The van der Waals surface area contributed by atoms with E-state index in [1.165, 1.54) is 0 Å². The largest absolute Gasteiger partial charge is 0.466 e. The molecule has 0 aliphatic carbocycles. The minimum Gasteiger partial charge on any atom is -0.466 e. The van der Waals surface area contributed by atoms with Gasteiger partial charge in [-0.1, -0.05) is 42.1 Å². The number of hydrogen-bond donors (Lipinski definition) is 1. The van der Waals surface area contributed by atoms with Crippen molar-refractivity contribution in [3.8, 4) is 0 Å². The van der Waals surface area contributed by atoms with E-state index in [9.17, 15) is 4.79 Å². The molecule has 0 spiro atoms. The van der Waals surface area contributed by atoms with Gasteiger partial charge in [-0.15, -0.1) is 0 Å². The van der Waals surface area contributed by atoms with Crippen LogP contribution in [-0.4, -0.2) is 22.5 Å². The van der Waals surface area contributed by atoms with Crippen LogP contribution in [0.5, 0.6) is 0 Å². The lowest BCUT2D eigenvalue weighted by atomic mass is 10.2. The first-order valence-electron chi connectivity index (χ1n) is 5.88. The number of thioether (sulfide) groups is 1. The van der Waals surface area contributed by atoms with Crippen LogP contribution in [0.4, 0.5) is 0 Å². The van der Waals surface area contributed by atoms with Crippen LogP contribution in [0.2, 0.25) is 0 Å². The zero-order valence-corrected chi connectivity index (χ0v) is 11.3. The number of benzene rings is 1. The summed E-state index contributed by atoms with van der Waals surface area (Å²) in [5.74, 6) is -0.204. The smallest absolute Gasteiger partial charge is 0.309 e. The lowest BCUT2D eigenvalue weighted by Gasteiger charge is -2.21. The first kappa shape index (κ1) is 13.0. The molecule has 0 amide bonds. The summed E-state index contributed by atoms with van der Waals surface area (Å²) in [4.78, 5) is 11.1. The normalized spacial score (nSPS) is 22.2. The Kier molecular flexibility index (Phi) is 3.91. The minimum absolute atomic E-state index is 0.204. The average Bonchev–Trinajstić information content (AvgIpc) is 2.73. The van der Waals surface area contributed by atoms with Crippen LogP contribution in [0.25, 0.3) is 0 Å². The monoisotopic (exact) mass is 264 g/mol. The third kappa shape index (κ3) is 3.04. The van der Waals surface area contributed by atoms with Crippen molar-refractivity contribution in [2.24, 2.45) is 5.10 Å². The van der Waals surface area contributed by atoms with Gasteiger partial charge >= 0.3 is 5.97 Å². The fourth-order valence-electron chi connectivity index (χ4n) is 1.70. The summed E-state index contributed by atoms with van der Waals surface area (Å²) < 4.78 is 4.97. The summed E-state index contributed by atoms with van der Waals surface area (Å²) in [7, 11) is 0. The number of esters is 1. The highest BCUT2D eigenvalue weighted by Crippen LogP contribution is 2.34. The molecule has 0 fully saturated rings. The maximum atomic E-state index is 11.5. The van der Waals surface area contributed by atoms with Gasteiger partial charge in [0.15, 0.2) is 0 Å². The summed E-state index contributed by atoms with van der Waals surface area (Å²) in [6.45, 7) is 4.17. The van der Waals surface area contributed by atoms with Crippen LogP contribution >= 0.6 is 11.8 Å². The number of carbonyl (C=O) groups is 1. The molecule has 1 N–H and O–H groups in total. The van der Waals surface area contributed by atoms with Crippen LogP contribution in [0.3, 0.4) is 0 Å². The van der Waals surface area contributed by atoms with Gasteiger partial charge in [0.05, 0.1) is 13.0 Å². The lowest BCUT2D eigenvalue weighted by Crippen LogP contribution is -2.35.